The van der Waals surface area contributed by atoms with Gasteiger partial charge in [-0.2, -0.15) is 0 Å². The fourth-order valence-corrected chi connectivity index (χ4v) is 8.68. The van der Waals surface area contributed by atoms with E-state index in [0.29, 0.717) is 31.5 Å². The van der Waals surface area contributed by atoms with Crippen LogP contribution in [-0.2, 0) is 36.6 Å². The fourth-order valence-electron chi connectivity index (χ4n) is 8.68. The number of ether oxygens (including phenoxy) is 3. The van der Waals surface area contributed by atoms with E-state index in [0.717, 1.165) is 159 Å². The molecule has 0 saturated carbocycles. The Bertz CT molecular complexity index is 2610. The number of esters is 1. The number of piperazine rings is 2. The molecule has 2 aromatic carbocycles. The van der Waals surface area contributed by atoms with E-state index in [2.05, 4.69) is 77.6 Å². The Hall–Kier alpha value is -5.82. The predicted octanol–water partition coefficient (Wildman–Crippen LogP) is 7.19. The van der Waals surface area contributed by atoms with Gasteiger partial charge in [0.25, 0.3) is 0 Å². The fraction of sp³-hybridized carbons (Fsp3) is 0.569. The van der Waals surface area contributed by atoms with Crippen LogP contribution in [-0.4, -0.2) is 154 Å². The second-order valence-electron chi connectivity index (χ2n) is 18.8. The molecular formula is C51H76N12O6. The number of carboxylic acids is 1. The van der Waals surface area contributed by atoms with E-state index in [9.17, 15) is 9.59 Å². The SMILES string of the molecule is C.CCCCc1nc2c([nH]1)c(N)nc1ccc(N3CCN(CCOCCC(=O)O)CC3)cc12.CCCCc1nc2c([nH]1)c(N)nc1ccc(N3CCN(CCOCCC(=O)OC(C)(C)C)CC3)cc12. The summed E-state index contributed by atoms with van der Waals surface area (Å²) >= 11 is 0. The number of carboxylic acid groups (broad SMARTS) is 1. The highest BCUT2D eigenvalue weighted by Crippen LogP contribution is 2.32. The Morgan fingerprint density at radius 3 is 1.49 bits per heavy atom. The number of pyridine rings is 2. The third-order valence-electron chi connectivity index (χ3n) is 12.4. The Morgan fingerprint density at radius 1 is 0.652 bits per heavy atom. The molecule has 0 bridgehead atoms. The number of carbonyl (C=O) groups is 2. The number of aromatic nitrogens is 6. The number of aryl methyl sites for hydroxylation is 2. The van der Waals surface area contributed by atoms with Gasteiger partial charge in [0.1, 0.15) is 51.0 Å². The molecule has 0 atom stereocenters. The van der Waals surface area contributed by atoms with Crippen LogP contribution in [0.1, 0.15) is 92.2 Å². The van der Waals surface area contributed by atoms with Crippen molar-refractivity contribution in [3.8, 4) is 0 Å². The summed E-state index contributed by atoms with van der Waals surface area (Å²) in [6.07, 6.45) is 6.60. The van der Waals surface area contributed by atoms with Crippen LogP contribution in [0.3, 0.4) is 0 Å². The van der Waals surface area contributed by atoms with Crippen LogP contribution in [0.2, 0.25) is 0 Å². The number of unbranched alkanes of at least 4 members (excludes halogenated alkanes) is 2. The van der Waals surface area contributed by atoms with Crippen LogP contribution in [0.5, 0.6) is 0 Å². The first-order chi connectivity index (χ1) is 32.8. The van der Waals surface area contributed by atoms with Crippen molar-refractivity contribution in [3.63, 3.8) is 0 Å². The molecule has 0 amide bonds. The normalized spacial score (nSPS) is 14.9. The van der Waals surface area contributed by atoms with E-state index in [1.54, 1.807) is 0 Å². The summed E-state index contributed by atoms with van der Waals surface area (Å²) in [6.45, 7) is 21.0. The summed E-state index contributed by atoms with van der Waals surface area (Å²) in [7, 11) is 0. The average Bonchev–Trinajstić information content (AvgIpc) is 3.96. The molecule has 6 aromatic rings. The van der Waals surface area contributed by atoms with Crippen LogP contribution in [0.4, 0.5) is 23.0 Å². The number of hydrogen-bond acceptors (Lipinski definition) is 15. The quantitative estimate of drug-likeness (QED) is 0.0377. The summed E-state index contributed by atoms with van der Waals surface area (Å²) in [4.78, 5) is 57.5. The number of aromatic amines is 2. The summed E-state index contributed by atoms with van der Waals surface area (Å²) in [5, 5.41) is 10.7. The number of imidazole rings is 2. The standard InChI is InChI=1S/C27H40N6O3.C23H32N6O3.CH4/c1-5-6-7-22-30-24-20-18-19(8-9-21(20)29-26(28)25(24)31-22)33-13-11-32(12-14-33)15-17-35-16-10-23(34)36-27(2,3)4;1-2-3-4-19-26-21-17-15-16(5-6-18(17)25-23(24)22(21)27-19)29-10-8-28(9-11-29)12-14-32-13-7-20(30)31;/h8-9,18H,5-7,10-17H2,1-4H3,(H2,28,29)(H,30,31);5-6,15H,2-4,7-14H2,1H3,(H2,24,25)(H,26,27)(H,30,31);1H4. The van der Waals surface area contributed by atoms with E-state index in [-0.39, 0.29) is 32.8 Å². The molecule has 8 rings (SSSR count). The van der Waals surface area contributed by atoms with Gasteiger partial charge in [0.05, 0.1) is 50.3 Å². The van der Waals surface area contributed by atoms with Gasteiger partial charge in [-0.25, -0.2) is 19.9 Å². The molecule has 4 aromatic heterocycles. The Labute approximate surface area is 406 Å². The molecule has 18 nitrogen and oxygen atoms in total. The largest absolute Gasteiger partial charge is 0.481 e. The van der Waals surface area contributed by atoms with E-state index in [1.807, 2.05) is 32.9 Å². The minimum absolute atomic E-state index is 0. The summed E-state index contributed by atoms with van der Waals surface area (Å²) in [6, 6.07) is 12.7. The third kappa shape index (κ3) is 14.4. The zero-order valence-corrected chi connectivity index (χ0v) is 40.7. The van der Waals surface area contributed by atoms with Gasteiger partial charge < -0.3 is 50.6 Å². The first-order valence-corrected chi connectivity index (χ1v) is 24.5. The summed E-state index contributed by atoms with van der Waals surface area (Å²) < 4.78 is 16.4. The molecule has 2 aliphatic rings. The van der Waals surface area contributed by atoms with E-state index in [1.165, 1.54) is 11.4 Å². The number of carbonyl (C=O) groups excluding carboxylic acids is 1. The first-order valence-electron chi connectivity index (χ1n) is 24.5. The summed E-state index contributed by atoms with van der Waals surface area (Å²) in [5.41, 5.74) is 19.5. The smallest absolute Gasteiger partial charge is 0.308 e. The number of nitrogens with one attached hydrogen (secondary N) is 2. The highest BCUT2D eigenvalue weighted by atomic mass is 16.6. The lowest BCUT2D eigenvalue weighted by Gasteiger charge is -2.36. The molecule has 69 heavy (non-hydrogen) atoms. The molecule has 2 saturated heterocycles. The van der Waals surface area contributed by atoms with Crippen LogP contribution in [0.25, 0.3) is 43.9 Å². The molecule has 0 aliphatic carbocycles. The third-order valence-corrected chi connectivity index (χ3v) is 12.4. The van der Waals surface area contributed by atoms with Crippen LogP contribution < -0.4 is 21.3 Å². The molecule has 0 unspecified atom stereocenters. The number of H-pyrrole nitrogens is 2. The zero-order valence-electron chi connectivity index (χ0n) is 40.7. The topological polar surface area (TPSA) is 230 Å². The van der Waals surface area contributed by atoms with Crippen molar-refractivity contribution in [2.75, 3.05) is 113 Å². The molecular weight excluding hydrogens is 877 g/mol. The number of fused-ring (bicyclic) bond motifs is 6. The highest BCUT2D eigenvalue weighted by Gasteiger charge is 2.22. The van der Waals surface area contributed by atoms with Gasteiger partial charge in [-0.3, -0.25) is 19.4 Å². The van der Waals surface area contributed by atoms with Crippen LogP contribution in [0, 0.1) is 0 Å². The molecule has 376 valence electrons. The maximum atomic E-state index is 11.8. The van der Waals surface area contributed by atoms with Gasteiger partial charge in [0.15, 0.2) is 0 Å². The van der Waals surface area contributed by atoms with Crippen LogP contribution in [0.15, 0.2) is 36.4 Å². The second-order valence-corrected chi connectivity index (χ2v) is 18.8. The minimum Gasteiger partial charge on any atom is -0.481 e. The van der Waals surface area contributed by atoms with Gasteiger partial charge in [-0.1, -0.05) is 34.1 Å². The highest BCUT2D eigenvalue weighted by molar-refractivity contribution is 6.08. The van der Waals surface area contributed by atoms with E-state index in [4.69, 9.17) is 40.8 Å². The number of rotatable bonds is 20. The Morgan fingerprint density at radius 2 is 1.09 bits per heavy atom. The van der Waals surface area contributed by atoms with Gasteiger partial charge in [0, 0.05) is 100 Å². The van der Waals surface area contributed by atoms with Crippen molar-refractivity contribution in [3.05, 3.63) is 48.0 Å². The molecule has 7 N–H and O–H groups in total. The number of nitrogens with zero attached hydrogens (tertiary/aromatic N) is 8. The first kappa shape index (κ1) is 52.5. The molecule has 6 heterocycles. The number of benzene rings is 2. The summed E-state index contributed by atoms with van der Waals surface area (Å²) in [5.74, 6) is 1.90. The Kier molecular flexibility index (Phi) is 18.8. The van der Waals surface area contributed by atoms with Gasteiger partial charge >= 0.3 is 11.9 Å². The van der Waals surface area contributed by atoms with Crippen molar-refractivity contribution in [2.24, 2.45) is 0 Å². The molecule has 2 fully saturated rings. The molecule has 0 radical (unpaired) electrons. The van der Waals surface area contributed by atoms with Crippen molar-refractivity contribution in [1.82, 2.24) is 39.7 Å². The molecule has 18 heteroatoms. The Balaban J connectivity index is 0.000000225. The maximum Gasteiger partial charge on any atom is 0.308 e. The lowest BCUT2D eigenvalue weighted by Crippen LogP contribution is -2.47. The molecule has 2 aliphatic heterocycles. The maximum absolute atomic E-state index is 11.8. The van der Waals surface area contributed by atoms with Crippen LogP contribution >= 0.6 is 0 Å². The minimum atomic E-state index is -0.823. The van der Waals surface area contributed by atoms with E-state index < -0.39 is 11.6 Å². The lowest BCUT2D eigenvalue weighted by atomic mass is 10.1. The molecule has 0 spiro atoms. The number of anilines is 4. The van der Waals surface area contributed by atoms with Crippen molar-refractivity contribution in [1.29, 1.82) is 0 Å². The lowest BCUT2D eigenvalue weighted by molar-refractivity contribution is -0.156. The number of hydrogen-bond donors (Lipinski definition) is 5. The van der Waals surface area contributed by atoms with Gasteiger partial charge in [-0.05, 0) is 70.0 Å². The van der Waals surface area contributed by atoms with Gasteiger partial charge in [-0.15, -0.1) is 0 Å². The predicted molar refractivity (Wildman–Crippen MR) is 277 cm³/mol. The number of aliphatic carboxylic acids is 1. The van der Waals surface area contributed by atoms with Crippen molar-refractivity contribution >= 4 is 78.8 Å². The monoisotopic (exact) mass is 953 g/mol. The number of nitrogen functional groups attached to an aromatic ring is 2. The van der Waals surface area contributed by atoms with Gasteiger partial charge in [0.2, 0.25) is 0 Å². The number of nitrogens with two attached hydrogens (primary N) is 2. The van der Waals surface area contributed by atoms with Crippen molar-refractivity contribution < 1.29 is 28.9 Å². The zero-order chi connectivity index (χ0) is 48.2. The second kappa shape index (κ2) is 24.6. The van der Waals surface area contributed by atoms with Crippen molar-refractivity contribution in [2.45, 2.75) is 99.0 Å². The average molecular weight is 953 g/mol. The van der Waals surface area contributed by atoms with E-state index >= 15 is 0 Å².